The maximum Gasteiger partial charge on any atom is 0.164 e. The molecule has 0 N–H and O–H groups in total. The van der Waals surface area contributed by atoms with Crippen LogP contribution < -0.4 is 14.2 Å². The summed E-state index contributed by atoms with van der Waals surface area (Å²) in [6.45, 7) is 0. The zero-order valence-corrected chi connectivity index (χ0v) is 15.4. The Morgan fingerprint density at radius 2 is 1.44 bits per heavy atom. The number of aliphatic imine (C=N–C) groups is 1. The molecule has 0 amide bonds. The number of ether oxygens (including phenoxy) is 3. The Kier molecular flexibility index (Phi) is 4.42. The van der Waals surface area contributed by atoms with Gasteiger partial charge in [-0.25, -0.2) is 0 Å². The fourth-order valence-electron chi connectivity index (χ4n) is 3.09. The minimum atomic E-state index is 0.609. The number of methoxy groups -OCH3 is 3. The van der Waals surface area contributed by atoms with E-state index >= 15 is 0 Å². The summed E-state index contributed by atoms with van der Waals surface area (Å²) in [5.74, 6) is 1.89. The molecular weight excluding hydrogens is 342 g/mol. The summed E-state index contributed by atoms with van der Waals surface area (Å²) < 4.78 is 22.0. The number of nitrogens with zero attached hydrogens (tertiary/aromatic N) is 1. The summed E-state index contributed by atoms with van der Waals surface area (Å²) in [6.07, 6.45) is 1.75. The second-order valence-electron chi connectivity index (χ2n) is 5.99. The summed E-state index contributed by atoms with van der Waals surface area (Å²) in [7, 11) is 4.81. The fraction of sp³-hybridized carbons (Fsp3) is 0.136. The predicted octanol–water partition coefficient (Wildman–Crippen LogP) is 5.36. The molecule has 0 radical (unpaired) electrons. The van der Waals surface area contributed by atoms with Crippen LogP contribution in [0, 0.1) is 0 Å². The van der Waals surface area contributed by atoms with Gasteiger partial charge in [-0.2, -0.15) is 0 Å². The molecule has 4 aromatic rings. The van der Waals surface area contributed by atoms with Gasteiger partial charge in [0.15, 0.2) is 11.5 Å². The Hall–Kier alpha value is -3.47. The van der Waals surface area contributed by atoms with Crippen LogP contribution >= 0.6 is 0 Å². The van der Waals surface area contributed by atoms with Crippen LogP contribution in [0.3, 0.4) is 0 Å². The molecule has 0 bridgehead atoms. The molecule has 0 saturated heterocycles. The molecule has 3 aromatic carbocycles. The zero-order chi connectivity index (χ0) is 18.8. The van der Waals surface area contributed by atoms with Crippen LogP contribution in [-0.2, 0) is 0 Å². The van der Waals surface area contributed by atoms with Crippen molar-refractivity contribution in [3.63, 3.8) is 0 Å². The average molecular weight is 361 g/mol. The predicted molar refractivity (Wildman–Crippen MR) is 107 cm³/mol. The lowest BCUT2D eigenvalue weighted by atomic mass is 10.1. The maximum atomic E-state index is 5.86. The number of benzene rings is 3. The first-order valence-electron chi connectivity index (χ1n) is 8.49. The minimum absolute atomic E-state index is 0.609. The van der Waals surface area contributed by atoms with Crippen molar-refractivity contribution in [2.24, 2.45) is 4.99 Å². The summed E-state index contributed by atoms with van der Waals surface area (Å²) in [4.78, 5) is 4.61. The van der Waals surface area contributed by atoms with Crippen LogP contribution in [-0.4, -0.2) is 27.5 Å². The smallest absolute Gasteiger partial charge is 0.164 e. The minimum Gasteiger partial charge on any atom is -0.496 e. The lowest BCUT2D eigenvalue weighted by Crippen LogP contribution is -1.96. The van der Waals surface area contributed by atoms with Crippen molar-refractivity contribution in [2.45, 2.75) is 0 Å². The standard InChI is InChI=1S/C22H19NO4/c1-24-20-12-22(26-3)21(25-2)10-14(20)13-23-15-8-9-19-17(11-15)16-6-4-5-7-18(16)27-19/h4-13H,1-3H3. The zero-order valence-electron chi connectivity index (χ0n) is 15.4. The summed E-state index contributed by atoms with van der Waals surface area (Å²) in [5.41, 5.74) is 3.34. The van der Waals surface area contributed by atoms with Gasteiger partial charge < -0.3 is 18.6 Å². The van der Waals surface area contributed by atoms with Gasteiger partial charge in [-0.3, -0.25) is 4.99 Å². The van der Waals surface area contributed by atoms with Crippen LogP contribution in [0.4, 0.5) is 5.69 Å². The van der Waals surface area contributed by atoms with E-state index in [1.165, 1.54) is 0 Å². The molecule has 0 unspecified atom stereocenters. The molecular formula is C22H19NO4. The largest absolute Gasteiger partial charge is 0.496 e. The molecule has 5 nitrogen and oxygen atoms in total. The highest BCUT2D eigenvalue weighted by Gasteiger charge is 2.11. The third-order valence-corrected chi connectivity index (χ3v) is 4.45. The Morgan fingerprint density at radius 1 is 0.741 bits per heavy atom. The molecule has 0 aliphatic rings. The van der Waals surface area contributed by atoms with Gasteiger partial charge in [-0.1, -0.05) is 18.2 Å². The van der Waals surface area contributed by atoms with Crippen molar-refractivity contribution in [3.05, 3.63) is 60.2 Å². The van der Waals surface area contributed by atoms with Crippen molar-refractivity contribution in [1.82, 2.24) is 0 Å². The topological polar surface area (TPSA) is 53.2 Å². The van der Waals surface area contributed by atoms with Crippen LogP contribution in [0.2, 0.25) is 0 Å². The van der Waals surface area contributed by atoms with E-state index in [4.69, 9.17) is 18.6 Å². The van der Waals surface area contributed by atoms with Crippen LogP contribution in [0.15, 0.2) is 64.0 Å². The number of para-hydroxylation sites is 1. The summed E-state index contributed by atoms with van der Waals surface area (Å²) in [5, 5.41) is 2.12. The molecule has 5 heteroatoms. The quantitative estimate of drug-likeness (QED) is 0.449. The van der Waals surface area contributed by atoms with E-state index in [1.54, 1.807) is 33.6 Å². The van der Waals surface area contributed by atoms with Crippen LogP contribution in [0.25, 0.3) is 21.9 Å². The molecule has 0 atom stereocenters. The molecule has 0 aliphatic heterocycles. The van der Waals surface area contributed by atoms with E-state index in [-0.39, 0.29) is 0 Å². The summed E-state index contributed by atoms with van der Waals surface area (Å²) >= 11 is 0. The third kappa shape index (κ3) is 3.08. The molecule has 0 spiro atoms. The Labute approximate surface area is 156 Å². The Balaban J connectivity index is 1.75. The van der Waals surface area contributed by atoms with Gasteiger partial charge in [0.1, 0.15) is 16.9 Å². The Morgan fingerprint density at radius 3 is 2.22 bits per heavy atom. The van der Waals surface area contributed by atoms with E-state index in [0.29, 0.717) is 17.2 Å². The molecule has 0 fully saturated rings. The van der Waals surface area contributed by atoms with Crippen LogP contribution in [0.5, 0.6) is 17.2 Å². The number of hydrogen-bond donors (Lipinski definition) is 0. The van der Waals surface area contributed by atoms with Gasteiger partial charge in [0, 0.05) is 28.6 Å². The van der Waals surface area contributed by atoms with Gasteiger partial charge in [0.05, 0.1) is 27.0 Å². The first kappa shape index (κ1) is 17.0. The van der Waals surface area contributed by atoms with Crippen molar-refractivity contribution in [3.8, 4) is 17.2 Å². The van der Waals surface area contributed by atoms with E-state index in [2.05, 4.69) is 4.99 Å². The van der Waals surface area contributed by atoms with Crippen molar-refractivity contribution in [2.75, 3.05) is 21.3 Å². The lowest BCUT2D eigenvalue weighted by molar-refractivity contribution is 0.349. The molecule has 0 aliphatic carbocycles. The number of fused-ring (bicyclic) bond motifs is 3. The molecule has 27 heavy (non-hydrogen) atoms. The van der Waals surface area contributed by atoms with Gasteiger partial charge in [-0.05, 0) is 30.3 Å². The highest BCUT2D eigenvalue weighted by molar-refractivity contribution is 6.06. The third-order valence-electron chi connectivity index (χ3n) is 4.45. The average Bonchev–Trinajstić information content (AvgIpc) is 3.09. The normalized spacial score (nSPS) is 11.4. The van der Waals surface area contributed by atoms with E-state index in [1.807, 2.05) is 48.5 Å². The second kappa shape index (κ2) is 7.03. The highest BCUT2D eigenvalue weighted by Crippen LogP contribution is 2.35. The first-order valence-corrected chi connectivity index (χ1v) is 8.49. The second-order valence-corrected chi connectivity index (χ2v) is 5.99. The SMILES string of the molecule is COc1cc(OC)c(OC)cc1C=Nc1ccc2oc3ccccc3c2c1. The molecule has 1 aromatic heterocycles. The van der Waals surface area contributed by atoms with E-state index in [9.17, 15) is 0 Å². The van der Waals surface area contributed by atoms with E-state index in [0.717, 1.165) is 33.2 Å². The fourth-order valence-corrected chi connectivity index (χ4v) is 3.09. The Bertz CT molecular complexity index is 1140. The monoisotopic (exact) mass is 361 g/mol. The van der Waals surface area contributed by atoms with Crippen LogP contribution in [0.1, 0.15) is 5.56 Å². The molecule has 1 heterocycles. The van der Waals surface area contributed by atoms with Gasteiger partial charge >= 0.3 is 0 Å². The molecule has 4 rings (SSSR count). The maximum absolute atomic E-state index is 5.86. The molecule has 0 saturated carbocycles. The summed E-state index contributed by atoms with van der Waals surface area (Å²) in [6, 6.07) is 17.5. The number of rotatable bonds is 5. The van der Waals surface area contributed by atoms with Gasteiger partial charge in [0.2, 0.25) is 0 Å². The van der Waals surface area contributed by atoms with Crippen molar-refractivity contribution >= 4 is 33.8 Å². The molecule has 136 valence electrons. The number of furan rings is 1. The van der Waals surface area contributed by atoms with Gasteiger partial charge in [0.25, 0.3) is 0 Å². The van der Waals surface area contributed by atoms with Crippen molar-refractivity contribution in [1.29, 1.82) is 0 Å². The van der Waals surface area contributed by atoms with Gasteiger partial charge in [-0.15, -0.1) is 0 Å². The highest BCUT2D eigenvalue weighted by atomic mass is 16.5. The van der Waals surface area contributed by atoms with E-state index < -0.39 is 0 Å². The van der Waals surface area contributed by atoms with Crippen molar-refractivity contribution < 1.29 is 18.6 Å². The number of hydrogen-bond acceptors (Lipinski definition) is 5. The lowest BCUT2D eigenvalue weighted by Gasteiger charge is -2.11. The first-order chi connectivity index (χ1) is 13.2.